The molecule has 1 aromatic carbocycles. The molecule has 0 saturated carbocycles. The Kier molecular flexibility index (Phi) is 5.71. The van der Waals surface area contributed by atoms with E-state index < -0.39 is 23.9 Å². The van der Waals surface area contributed by atoms with Crippen LogP contribution in [0.1, 0.15) is 25.3 Å². The number of hydrogen-bond acceptors (Lipinski definition) is 3. The molecule has 2 N–H and O–H groups in total. The number of halogens is 1. The van der Waals surface area contributed by atoms with Crippen LogP contribution in [0.4, 0.5) is 4.39 Å². The van der Waals surface area contributed by atoms with Crippen molar-refractivity contribution in [2.24, 2.45) is 0 Å². The lowest BCUT2D eigenvalue weighted by atomic mass is 10.2. The second-order valence-electron chi connectivity index (χ2n) is 4.09. The maximum Gasteiger partial charge on any atom is 0.344 e. The van der Waals surface area contributed by atoms with E-state index in [-0.39, 0.29) is 12.2 Å². The summed E-state index contributed by atoms with van der Waals surface area (Å²) in [6, 6.07) is 3.81. The molecule has 0 bridgehead atoms. The van der Waals surface area contributed by atoms with Crippen LogP contribution in [0.3, 0.4) is 0 Å². The largest absolute Gasteiger partial charge is 0.479 e. The molecule has 20 heavy (non-hydrogen) atoms. The van der Waals surface area contributed by atoms with Gasteiger partial charge in [0.05, 0.1) is 0 Å². The van der Waals surface area contributed by atoms with Crippen LogP contribution in [0, 0.1) is 5.82 Å². The van der Waals surface area contributed by atoms with Crippen LogP contribution in [0.15, 0.2) is 24.3 Å². The third-order valence-electron chi connectivity index (χ3n) is 2.47. The molecule has 0 aliphatic rings. The maximum atomic E-state index is 13.7. The van der Waals surface area contributed by atoms with Crippen LogP contribution in [0.2, 0.25) is 0 Å². The van der Waals surface area contributed by atoms with Crippen molar-refractivity contribution in [1.82, 2.24) is 0 Å². The highest BCUT2D eigenvalue weighted by Crippen LogP contribution is 2.21. The third-order valence-corrected chi connectivity index (χ3v) is 2.47. The van der Waals surface area contributed by atoms with E-state index in [1.54, 1.807) is 6.92 Å². The maximum absolute atomic E-state index is 13.7. The molecule has 0 amide bonds. The predicted molar refractivity (Wildman–Crippen MR) is 70.0 cm³/mol. The number of hydrogen-bond donors (Lipinski definition) is 2. The minimum absolute atomic E-state index is 0.168. The highest BCUT2D eigenvalue weighted by atomic mass is 19.1. The van der Waals surface area contributed by atoms with Crippen molar-refractivity contribution in [1.29, 1.82) is 0 Å². The monoisotopic (exact) mass is 282 g/mol. The standard InChI is InChI=1S/C14H15FO5/c1-2-3-12(14(18)19)20-11-6-4-9(8-10(11)15)5-7-13(16)17/h4-8,12H,2-3H2,1H3,(H,16,17)(H,18,19)/b7-5+. The van der Waals surface area contributed by atoms with Gasteiger partial charge in [-0.05, 0) is 30.2 Å². The lowest BCUT2D eigenvalue weighted by Crippen LogP contribution is -2.27. The Bertz CT molecular complexity index is 524. The van der Waals surface area contributed by atoms with Gasteiger partial charge in [0.15, 0.2) is 17.7 Å². The van der Waals surface area contributed by atoms with Crippen molar-refractivity contribution in [2.45, 2.75) is 25.9 Å². The van der Waals surface area contributed by atoms with E-state index in [2.05, 4.69) is 0 Å². The second kappa shape index (κ2) is 7.28. The number of aliphatic carboxylic acids is 2. The smallest absolute Gasteiger partial charge is 0.344 e. The Labute approximate surface area is 115 Å². The molecule has 0 radical (unpaired) electrons. The molecule has 0 aliphatic carbocycles. The first kappa shape index (κ1) is 15.7. The topological polar surface area (TPSA) is 83.8 Å². The summed E-state index contributed by atoms with van der Waals surface area (Å²) in [6.45, 7) is 1.80. The van der Waals surface area contributed by atoms with Gasteiger partial charge in [-0.1, -0.05) is 19.4 Å². The molecule has 0 saturated heterocycles. The van der Waals surface area contributed by atoms with E-state index in [1.807, 2.05) is 0 Å². The van der Waals surface area contributed by atoms with Crippen molar-refractivity contribution in [3.05, 3.63) is 35.7 Å². The first-order chi connectivity index (χ1) is 9.43. The molecule has 1 rings (SSSR count). The highest BCUT2D eigenvalue weighted by Gasteiger charge is 2.19. The van der Waals surface area contributed by atoms with Gasteiger partial charge >= 0.3 is 11.9 Å². The molecule has 1 atom stereocenters. The van der Waals surface area contributed by atoms with Crippen molar-refractivity contribution in [3.8, 4) is 5.75 Å². The minimum atomic E-state index is -1.15. The minimum Gasteiger partial charge on any atom is -0.479 e. The molecule has 0 spiro atoms. The van der Waals surface area contributed by atoms with Gasteiger partial charge in [0.2, 0.25) is 0 Å². The van der Waals surface area contributed by atoms with Crippen molar-refractivity contribution in [3.63, 3.8) is 0 Å². The summed E-state index contributed by atoms with van der Waals surface area (Å²) in [6.07, 6.45) is 1.88. The fraction of sp³-hybridized carbons (Fsp3) is 0.286. The average Bonchev–Trinajstić information content (AvgIpc) is 2.38. The Morgan fingerprint density at radius 3 is 2.60 bits per heavy atom. The van der Waals surface area contributed by atoms with Crippen LogP contribution in [-0.4, -0.2) is 28.3 Å². The van der Waals surface area contributed by atoms with Crippen molar-refractivity contribution < 1.29 is 28.9 Å². The SMILES string of the molecule is CCCC(Oc1ccc(/C=C/C(=O)O)cc1F)C(=O)O. The molecule has 0 aromatic heterocycles. The number of carboxylic acid groups (broad SMARTS) is 2. The van der Waals surface area contributed by atoms with Gasteiger partial charge in [-0.3, -0.25) is 0 Å². The van der Waals surface area contributed by atoms with Gasteiger partial charge in [-0.25, -0.2) is 14.0 Å². The zero-order valence-corrected chi connectivity index (χ0v) is 10.9. The summed E-state index contributed by atoms with van der Waals surface area (Å²) >= 11 is 0. The van der Waals surface area contributed by atoms with E-state index in [0.29, 0.717) is 12.0 Å². The Morgan fingerprint density at radius 1 is 1.40 bits per heavy atom. The molecule has 1 aromatic rings. The van der Waals surface area contributed by atoms with Gasteiger partial charge in [0, 0.05) is 6.08 Å². The highest BCUT2D eigenvalue weighted by molar-refractivity contribution is 5.85. The summed E-state index contributed by atoms with van der Waals surface area (Å²) in [5.74, 6) is -3.20. The normalized spacial score (nSPS) is 12.3. The van der Waals surface area contributed by atoms with E-state index in [9.17, 15) is 14.0 Å². The molecule has 6 heteroatoms. The van der Waals surface area contributed by atoms with Crippen LogP contribution >= 0.6 is 0 Å². The zero-order chi connectivity index (χ0) is 15.1. The lowest BCUT2D eigenvalue weighted by Gasteiger charge is -2.14. The van der Waals surface area contributed by atoms with Crippen LogP contribution in [-0.2, 0) is 9.59 Å². The van der Waals surface area contributed by atoms with Crippen molar-refractivity contribution in [2.75, 3.05) is 0 Å². The summed E-state index contributed by atoms with van der Waals surface area (Å²) in [7, 11) is 0. The molecule has 0 fully saturated rings. The van der Waals surface area contributed by atoms with Gasteiger partial charge < -0.3 is 14.9 Å². The molecule has 1 unspecified atom stereocenters. The number of rotatable bonds is 7. The number of ether oxygens (including phenoxy) is 1. The van der Waals surface area contributed by atoms with Crippen molar-refractivity contribution >= 4 is 18.0 Å². The Hall–Kier alpha value is -2.37. The van der Waals surface area contributed by atoms with Crippen LogP contribution < -0.4 is 4.74 Å². The first-order valence-corrected chi connectivity index (χ1v) is 6.04. The van der Waals surface area contributed by atoms with Gasteiger partial charge in [-0.2, -0.15) is 0 Å². The fourth-order valence-electron chi connectivity index (χ4n) is 1.53. The molecule has 0 heterocycles. The number of benzene rings is 1. The van der Waals surface area contributed by atoms with E-state index >= 15 is 0 Å². The third kappa shape index (κ3) is 4.72. The van der Waals surface area contributed by atoms with Crippen LogP contribution in [0.5, 0.6) is 5.75 Å². The number of carbonyl (C=O) groups is 2. The predicted octanol–water partition coefficient (Wildman–Crippen LogP) is 2.56. The van der Waals surface area contributed by atoms with Crippen LogP contribution in [0.25, 0.3) is 6.08 Å². The zero-order valence-electron chi connectivity index (χ0n) is 10.9. The molecule has 5 nitrogen and oxygen atoms in total. The summed E-state index contributed by atoms with van der Waals surface area (Å²) < 4.78 is 18.9. The summed E-state index contributed by atoms with van der Waals surface area (Å²) in [4.78, 5) is 21.3. The van der Waals surface area contributed by atoms with Gasteiger partial charge in [-0.15, -0.1) is 0 Å². The fourth-order valence-corrected chi connectivity index (χ4v) is 1.53. The number of carboxylic acids is 2. The summed E-state index contributed by atoms with van der Waals surface area (Å²) in [5.41, 5.74) is 0.347. The Morgan fingerprint density at radius 2 is 2.10 bits per heavy atom. The van der Waals surface area contributed by atoms with E-state index in [4.69, 9.17) is 14.9 Å². The first-order valence-electron chi connectivity index (χ1n) is 6.04. The second-order valence-corrected chi connectivity index (χ2v) is 4.09. The van der Waals surface area contributed by atoms with Gasteiger partial charge in [0.1, 0.15) is 0 Å². The summed E-state index contributed by atoms with van der Waals surface area (Å²) in [5, 5.41) is 17.4. The average molecular weight is 282 g/mol. The molecular weight excluding hydrogens is 267 g/mol. The molecule has 0 aliphatic heterocycles. The van der Waals surface area contributed by atoms with E-state index in [0.717, 1.165) is 12.1 Å². The molecular formula is C14H15FO5. The quantitative estimate of drug-likeness (QED) is 0.751. The molecule has 108 valence electrons. The van der Waals surface area contributed by atoms with E-state index in [1.165, 1.54) is 18.2 Å². The lowest BCUT2D eigenvalue weighted by molar-refractivity contribution is -0.145. The van der Waals surface area contributed by atoms with Gasteiger partial charge in [0.25, 0.3) is 0 Å². The Balaban J connectivity index is 2.87.